The molecule has 1 aromatic rings. The fourth-order valence-corrected chi connectivity index (χ4v) is 3.14. The minimum atomic E-state index is -0.0185. The molecule has 18 heavy (non-hydrogen) atoms. The summed E-state index contributed by atoms with van der Waals surface area (Å²) in [5, 5.41) is 8.13. The third kappa shape index (κ3) is 5.08. The maximum absolute atomic E-state index is 11.7. The maximum atomic E-state index is 11.7. The summed E-state index contributed by atoms with van der Waals surface area (Å²) in [6, 6.07) is 2.12. The Morgan fingerprint density at radius 2 is 2.22 bits per heavy atom. The quantitative estimate of drug-likeness (QED) is 0.754. The summed E-state index contributed by atoms with van der Waals surface area (Å²) >= 11 is 5.18. The highest BCUT2D eigenvalue weighted by atomic mass is 79.9. The number of carbonyl (C=O) groups is 1. The molecular weight excluding hydrogens is 312 g/mol. The van der Waals surface area contributed by atoms with Crippen molar-refractivity contribution in [3.63, 3.8) is 0 Å². The lowest BCUT2D eigenvalue weighted by Gasteiger charge is -2.23. The summed E-state index contributed by atoms with van der Waals surface area (Å²) in [6.45, 7) is 5.87. The fourth-order valence-electron chi connectivity index (χ4n) is 1.59. The van der Waals surface area contributed by atoms with Crippen molar-refractivity contribution >= 4 is 33.2 Å². The smallest absolute Gasteiger partial charge is 0.220 e. The van der Waals surface area contributed by atoms with Gasteiger partial charge in [0.25, 0.3) is 0 Å². The van der Waals surface area contributed by atoms with E-state index in [-0.39, 0.29) is 11.3 Å². The number of thiophene rings is 1. The molecule has 0 aliphatic rings. The van der Waals surface area contributed by atoms with Gasteiger partial charge in [0.1, 0.15) is 0 Å². The van der Waals surface area contributed by atoms with E-state index < -0.39 is 0 Å². The minimum absolute atomic E-state index is 0.0185. The van der Waals surface area contributed by atoms with Crippen molar-refractivity contribution in [2.24, 2.45) is 0 Å². The number of hydrogen-bond donors (Lipinski definition) is 2. The largest absolute Gasteiger partial charge is 0.355 e. The average Bonchev–Trinajstić information content (AvgIpc) is 2.75. The van der Waals surface area contributed by atoms with Crippen LogP contribution >= 0.6 is 27.3 Å². The zero-order valence-electron chi connectivity index (χ0n) is 11.2. The molecule has 0 saturated carbocycles. The standard InChI is InChI=1S/C13H21BrN2OS/c1-13(2,11-7-10(14)8-18-11)9-16-12(17)5-4-6-15-3/h7-8,15H,4-6,9H2,1-3H3,(H,16,17). The second kappa shape index (κ2) is 7.26. The molecule has 0 aliphatic heterocycles. The van der Waals surface area contributed by atoms with Crippen LogP contribution in [0.1, 0.15) is 31.6 Å². The molecule has 1 aromatic heterocycles. The molecule has 0 aromatic carbocycles. The minimum Gasteiger partial charge on any atom is -0.355 e. The van der Waals surface area contributed by atoms with Gasteiger partial charge in [0.05, 0.1) is 0 Å². The second-order valence-corrected chi connectivity index (χ2v) is 6.82. The molecule has 0 aliphatic carbocycles. The van der Waals surface area contributed by atoms with E-state index in [9.17, 15) is 4.79 Å². The molecule has 1 heterocycles. The number of hydrogen-bond acceptors (Lipinski definition) is 3. The molecule has 5 heteroatoms. The van der Waals surface area contributed by atoms with Crippen LogP contribution in [-0.2, 0) is 10.2 Å². The number of amides is 1. The molecule has 0 unspecified atom stereocenters. The molecule has 0 bridgehead atoms. The molecule has 0 fully saturated rings. The Hall–Kier alpha value is -0.390. The lowest BCUT2D eigenvalue weighted by Crippen LogP contribution is -2.36. The van der Waals surface area contributed by atoms with Crippen LogP contribution < -0.4 is 10.6 Å². The van der Waals surface area contributed by atoms with Crippen molar-refractivity contribution in [1.82, 2.24) is 10.6 Å². The number of nitrogens with one attached hydrogen (secondary N) is 2. The first-order valence-corrected chi connectivity index (χ1v) is 7.79. The monoisotopic (exact) mass is 332 g/mol. The lowest BCUT2D eigenvalue weighted by molar-refractivity contribution is -0.121. The molecule has 0 spiro atoms. The predicted octanol–water partition coefficient (Wildman–Crippen LogP) is 2.90. The normalized spacial score (nSPS) is 11.6. The van der Waals surface area contributed by atoms with Crippen LogP contribution in [-0.4, -0.2) is 26.0 Å². The molecular formula is C13H21BrN2OS. The van der Waals surface area contributed by atoms with Gasteiger partial charge in [-0.3, -0.25) is 4.79 Å². The summed E-state index contributed by atoms with van der Waals surface area (Å²) in [5.74, 6) is 0.133. The Labute approximate surface area is 121 Å². The van der Waals surface area contributed by atoms with Crippen LogP contribution in [0.5, 0.6) is 0 Å². The Morgan fingerprint density at radius 1 is 1.50 bits per heavy atom. The molecule has 1 rings (SSSR count). The fraction of sp³-hybridized carbons (Fsp3) is 0.615. The van der Waals surface area contributed by atoms with E-state index in [4.69, 9.17) is 0 Å². The van der Waals surface area contributed by atoms with Crippen LogP contribution in [0.2, 0.25) is 0 Å². The first-order chi connectivity index (χ1) is 8.45. The average molecular weight is 333 g/mol. The van der Waals surface area contributed by atoms with Crippen molar-refractivity contribution in [1.29, 1.82) is 0 Å². The van der Waals surface area contributed by atoms with Crippen LogP contribution in [0.4, 0.5) is 0 Å². The zero-order valence-corrected chi connectivity index (χ0v) is 13.6. The highest BCUT2D eigenvalue weighted by Gasteiger charge is 2.23. The summed E-state index contributed by atoms with van der Waals surface area (Å²) in [7, 11) is 1.90. The Morgan fingerprint density at radius 3 is 2.78 bits per heavy atom. The molecule has 1 amide bonds. The molecule has 102 valence electrons. The van der Waals surface area contributed by atoms with Gasteiger partial charge >= 0.3 is 0 Å². The highest BCUT2D eigenvalue weighted by molar-refractivity contribution is 9.10. The van der Waals surface area contributed by atoms with Crippen molar-refractivity contribution in [2.75, 3.05) is 20.1 Å². The zero-order chi connectivity index (χ0) is 13.6. The van der Waals surface area contributed by atoms with Crippen LogP contribution in [0.15, 0.2) is 15.9 Å². The van der Waals surface area contributed by atoms with Crippen molar-refractivity contribution in [3.05, 3.63) is 20.8 Å². The Balaban J connectivity index is 2.39. The molecule has 2 N–H and O–H groups in total. The van der Waals surface area contributed by atoms with Gasteiger partial charge in [-0.25, -0.2) is 0 Å². The Kier molecular flexibility index (Phi) is 6.32. The molecule has 3 nitrogen and oxygen atoms in total. The molecule has 0 saturated heterocycles. The number of carbonyl (C=O) groups excluding carboxylic acids is 1. The van der Waals surface area contributed by atoms with E-state index >= 15 is 0 Å². The summed E-state index contributed by atoms with van der Waals surface area (Å²) in [5.41, 5.74) is -0.0185. The van der Waals surface area contributed by atoms with Gasteiger partial charge in [-0.1, -0.05) is 13.8 Å². The van der Waals surface area contributed by atoms with E-state index in [2.05, 4.69) is 51.9 Å². The van der Waals surface area contributed by atoms with Gasteiger partial charge in [0.2, 0.25) is 5.91 Å². The van der Waals surface area contributed by atoms with Gasteiger partial charge in [-0.15, -0.1) is 11.3 Å². The lowest BCUT2D eigenvalue weighted by atomic mass is 9.91. The van der Waals surface area contributed by atoms with Crippen LogP contribution in [0, 0.1) is 0 Å². The highest BCUT2D eigenvalue weighted by Crippen LogP contribution is 2.30. The van der Waals surface area contributed by atoms with E-state index in [0.717, 1.165) is 17.4 Å². The van der Waals surface area contributed by atoms with E-state index in [1.165, 1.54) is 4.88 Å². The SMILES string of the molecule is CNCCCC(=O)NCC(C)(C)c1cc(Br)cs1. The van der Waals surface area contributed by atoms with Crippen LogP contribution in [0.3, 0.4) is 0 Å². The first-order valence-electron chi connectivity index (χ1n) is 6.11. The predicted molar refractivity (Wildman–Crippen MR) is 81.2 cm³/mol. The van der Waals surface area contributed by atoms with Gasteiger partial charge in [-0.05, 0) is 42.0 Å². The van der Waals surface area contributed by atoms with E-state index in [1.807, 2.05) is 7.05 Å². The van der Waals surface area contributed by atoms with Gasteiger partial charge in [0.15, 0.2) is 0 Å². The molecule has 0 atom stereocenters. The van der Waals surface area contributed by atoms with Gasteiger partial charge < -0.3 is 10.6 Å². The van der Waals surface area contributed by atoms with Crippen molar-refractivity contribution in [3.8, 4) is 0 Å². The van der Waals surface area contributed by atoms with Gasteiger partial charge in [0, 0.05) is 33.1 Å². The van der Waals surface area contributed by atoms with Gasteiger partial charge in [-0.2, -0.15) is 0 Å². The Bertz CT molecular complexity index is 390. The third-order valence-corrected chi connectivity index (χ3v) is 4.85. The first kappa shape index (κ1) is 15.7. The topological polar surface area (TPSA) is 41.1 Å². The van der Waals surface area contributed by atoms with Crippen molar-refractivity contribution < 1.29 is 4.79 Å². The third-order valence-electron chi connectivity index (χ3n) is 2.79. The van der Waals surface area contributed by atoms with E-state index in [1.54, 1.807) is 11.3 Å². The van der Waals surface area contributed by atoms with Crippen molar-refractivity contribution in [2.45, 2.75) is 32.1 Å². The summed E-state index contributed by atoms with van der Waals surface area (Å²) in [6.07, 6.45) is 1.47. The van der Waals surface area contributed by atoms with Crippen LogP contribution in [0.25, 0.3) is 0 Å². The summed E-state index contributed by atoms with van der Waals surface area (Å²) < 4.78 is 1.11. The summed E-state index contributed by atoms with van der Waals surface area (Å²) in [4.78, 5) is 12.9. The number of halogens is 1. The number of rotatable bonds is 7. The van der Waals surface area contributed by atoms with E-state index in [0.29, 0.717) is 13.0 Å². The maximum Gasteiger partial charge on any atom is 0.220 e. The molecule has 0 radical (unpaired) electrons. The second-order valence-electron chi connectivity index (χ2n) is 5.00.